The molecule has 2 heterocycles. The zero-order valence-corrected chi connectivity index (χ0v) is 16.0. The minimum Gasteiger partial charge on any atom is -0.460 e. The topological polar surface area (TPSA) is 80.6 Å². The Bertz CT molecular complexity index is 1080. The van der Waals surface area contributed by atoms with Crippen LogP contribution >= 0.6 is 0 Å². The van der Waals surface area contributed by atoms with Crippen LogP contribution in [0.25, 0.3) is 10.9 Å². The molecule has 29 heavy (non-hydrogen) atoms. The summed E-state index contributed by atoms with van der Waals surface area (Å²) in [4.78, 5) is 24.6. The van der Waals surface area contributed by atoms with Crippen molar-refractivity contribution >= 4 is 22.7 Å². The Labute approximate surface area is 168 Å². The summed E-state index contributed by atoms with van der Waals surface area (Å²) in [5, 5.41) is 14.0. The number of carbonyl (C=O) groups excluding carboxylic acids is 2. The molecule has 0 bridgehead atoms. The maximum atomic E-state index is 12.6. The molecule has 2 N–H and O–H groups in total. The average molecular weight is 390 g/mol. The number of amides is 1. The smallest absolute Gasteiger partial charge is 0.286 e. The van der Waals surface area contributed by atoms with E-state index in [4.69, 9.17) is 4.74 Å². The van der Waals surface area contributed by atoms with Crippen LogP contribution in [0.1, 0.15) is 35.2 Å². The van der Waals surface area contributed by atoms with E-state index < -0.39 is 6.29 Å². The van der Waals surface area contributed by atoms with Crippen molar-refractivity contribution in [2.45, 2.75) is 32.1 Å². The first-order valence-electron chi connectivity index (χ1n) is 9.52. The maximum Gasteiger partial charge on any atom is 0.286 e. The van der Waals surface area contributed by atoms with E-state index in [0.717, 1.165) is 22.0 Å². The number of para-hydroxylation sites is 1. The number of aliphatic hydroxyl groups excluding tert-OH is 1. The summed E-state index contributed by atoms with van der Waals surface area (Å²) in [5.41, 5.74) is 2.66. The van der Waals surface area contributed by atoms with E-state index in [2.05, 4.69) is 5.32 Å². The van der Waals surface area contributed by atoms with Gasteiger partial charge < -0.3 is 15.2 Å². The molecule has 2 aromatic carbocycles. The van der Waals surface area contributed by atoms with Gasteiger partial charge in [-0.15, -0.1) is 0 Å². The second kappa shape index (κ2) is 7.93. The van der Waals surface area contributed by atoms with Crippen molar-refractivity contribution in [3.63, 3.8) is 0 Å². The summed E-state index contributed by atoms with van der Waals surface area (Å²) >= 11 is 0. The molecule has 0 spiro atoms. The molecular formula is C23H22N2O4. The fraction of sp³-hybridized carbons (Fsp3) is 0.217. The third kappa shape index (κ3) is 3.93. The van der Waals surface area contributed by atoms with Gasteiger partial charge in [0.25, 0.3) is 5.91 Å². The number of benzene rings is 2. The predicted molar refractivity (Wildman–Crippen MR) is 109 cm³/mol. The Morgan fingerprint density at radius 3 is 2.62 bits per heavy atom. The van der Waals surface area contributed by atoms with E-state index in [0.29, 0.717) is 13.0 Å². The molecule has 1 aliphatic heterocycles. The quantitative estimate of drug-likeness (QED) is 0.716. The zero-order valence-electron chi connectivity index (χ0n) is 16.0. The van der Waals surface area contributed by atoms with Crippen molar-refractivity contribution < 1.29 is 19.4 Å². The van der Waals surface area contributed by atoms with E-state index in [1.807, 2.05) is 54.6 Å². The minimum atomic E-state index is -1.10. The van der Waals surface area contributed by atoms with Crippen LogP contribution in [0, 0.1) is 0 Å². The van der Waals surface area contributed by atoms with Gasteiger partial charge in [-0.1, -0.05) is 48.5 Å². The Hall–Kier alpha value is -3.38. The van der Waals surface area contributed by atoms with Gasteiger partial charge in [-0.05, 0) is 23.3 Å². The Morgan fingerprint density at radius 2 is 1.86 bits per heavy atom. The SMILES string of the molecule is CC(=O)n1cc([C@H]2C=C(C(=O)NCc3ccccc3)O[C@@H](O)C2)c2ccccc21. The molecule has 0 unspecified atom stereocenters. The molecule has 1 amide bonds. The van der Waals surface area contributed by atoms with Crippen LogP contribution in [0.4, 0.5) is 0 Å². The molecule has 1 aromatic heterocycles. The second-order valence-corrected chi connectivity index (χ2v) is 7.10. The van der Waals surface area contributed by atoms with Crippen molar-refractivity contribution in [2.24, 2.45) is 0 Å². The number of nitrogens with one attached hydrogen (secondary N) is 1. The molecule has 1 aliphatic rings. The van der Waals surface area contributed by atoms with Crippen LogP contribution in [0.2, 0.25) is 0 Å². The number of fused-ring (bicyclic) bond motifs is 1. The summed E-state index contributed by atoms with van der Waals surface area (Å²) < 4.78 is 6.98. The van der Waals surface area contributed by atoms with Crippen molar-refractivity contribution in [2.75, 3.05) is 0 Å². The zero-order chi connectivity index (χ0) is 20.4. The van der Waals surface area contributed by atoms with Crippen molar-refractivity contribution in [1.29, 1.82) is 0 Å². The van der Waals surface area contributed by atoms with E-state index in [9.17, 15) is 14.7 Å². The molecule has 4 rings (SSSR count). The average Bonchev–Trinajstić information content (AvgIpc) is 3.12. The molecule has 3 aromatic rings. The van der Waals surface area contributed by atoms with Crippen LogP contribution in [0.3, 0.4) is 0 Å². The lowest BCUT2D eigenvalue weighted by Gasteiger charge is -2.25. The van der Waals surface area contributed by atoms with Crippen molar-refractivity contribution in [1.82, 2.24) is 9.88 Å². The molecule has 0 fully saturated rings. The van der Waals surface area contributed by atoms with E-state index in [1.54, 1.807) is 16.8 Å². The number of ether oxygens (including phenoxy) is 1. The van der Waals surface area contributed by atoms with Gasteiger partial charge in [-0.25, -0.2) is 0 Å². The molecule has 0 saturated heterocycles. The van der Waals surface area contributed by atoms with Crippen LogP contribution < -0.4 is 5.32 Å². The van der Waals surface area contributed by atoms with Gasteiger partial charge in [-0.3, -0.25) is 14.2 Å². The highest BCUT2D eigenvalue weighted by molar-refractivity contribution is 5.95. The highest BCUT2D eigenvalue weighted by Crippen LogP contribution is 2.35. The first-order chi connectivity index (χ1) is 14.0. The third-order valence-corrected chi connectivity index (χ3v) is 5.07. The van der Waals surface area contributed by atoms with Crippen LogP contribution in [-0.2, 0) is 16.1 Å². The molecule has 0 radical (unpaired) electrons. The van der Waals surface area contributed by atoms with Gasteiger partial charge in [0.2, 0.25) is 5.91 Å². The summed E-state index contributed by atoms with van der Waals surface area (Å²) in [6, 6.07) is 17.2. The number of allylic oxidation sites excluding steroid dienone is 1. The summed E-state index contributed by atoms with van der Waals surface area (Å²) in [5.74, 6) is -0.635. The Kier molecular flexibility index (Phi) is 5.18. The second-order valence-electron chi connectivity index (χ2n) is 7.10. The minimum absolute atomic E-state index is 0.0873. The first kappa shape index (κ1) is 19.0. The normalized spacial score (nSPS) is 18.8. The number of aromatic nitrogens is 1. The fourth-order valence-electron chi connectivity index (χ4n) is 3.68. The van der Waals surface area contributed by atoms with E-state index in [-0.39, 0.29) is 23.5 Å². The van der Waals surface area contributed by atoms with E-state index >= 15 is 0 Å². The van der Waals surface area contributed by atoms with Gasteiger partial charge in [0.1, 0.15) is 0 Å². The van der Waals surface area contributed by atoms with E-state index in [1.165, 1.54) is 6.92 Å². The summed E-state index contributed by atoms with van der Waals surface area (Å²) in [6.07, 6.45) is 2.72. The lowest BCUT2D eigenvalue weighted by molar-refractivity contribution is -0.131. The van der Waals surface area contributed by atoms with Crippen molar-refractivity contribution in [3.8, 4) is 0 Å². The summed E-state index contributed by atoms with van der Waals surface area (Å²) in [6.45, 7) is 1.87. The molecule has 148 valence electrons. The predicted octanol–water partition coefficient (Wildman–Crippen LogP) is 3.32. The largest absolute Gasteiger partial charge is 0.460 e. The van der Waals surface area contributed by atoms with Gasteiger partial charge >= 0.3 is 0 Å². The van der Waals surface area contributed by atoms with Crippen LogP contribution in [0.5, 0.6) is 0 Å². The van der Waals surface area contributed by atoms with Gasteiger partial charge in [-0.2, -0.15) is 0 Å². The summed E-state index contributed by atoms with van der Waals surface area (Å²) in [7, 11) is 0. The maximum absolute atomic E-state index is 12.6. The highest BCUT2D eigenvalue weighted by Gasteiger charge is 2.29. The molecule has 2 atom stereocenters. The van der Waals surface area contributed by atoms with Gasteiger partial charge in [0.05, 0.1) is 5.52 Å². The number of hydrogen-bond donors (Lipinski definition) is 2. The molecule has 6 nitrogen and oxygen atoms in total. The Morgan fingerprint density at radius 1 is 1.14 bits per heavy atom. The monoisotopic (exact) mass is 390 g/mol. The third-order valence-electron chi connectivity index (χ3n) is 5.07. The Balaban J connectivity index is 1.62. The number of rotatable bonds is 4. The first-order valence-corrected chi connectivity index (χ1v) is 9.52. The molecule has 6 heteroatoms. The number of nitrogens with zero attached hydrogens (tertiary/aromatic N) is 1. The lowest BCUT2D eigenvalue weighted by atomic mass is 9.92. The van der Waals surface area contributed by atoms with Gasteiger partial charge in [0.15, 0.2) is 12.0 Å². The standard InChI is InChI=1S/C23H22N2O4/c1-15(26)25-14-19(18-9-5-6-10-20(18)25)17-11-21(29-22(27)12-17)23(28)24-13-16-7-3-2-4-8-16/h2-11,14,17,22,27H,12-13H2,1H3,(H,24,28)/t17-,22+/m0/s1. The number of aliphatic hydroxyl groups is 1. The van der Waals surface area contributed by atoms with Gasteiger partial charge in [0, 0.05) is 37.4 Å². The van der Waals surface area contributed by atoms with Crippen LogP contribution in [-0.4, -0.2) is 27.8 Å². The molecular weight excluding hydrogens is 368 g/mol. The molecule has 0 saturated carbocycles. The van der Waals surface area contributed by atoms with Crippen LogP contribution in [0.15, 0.2) is 72.6 Å². The highest BCUT2D eigenvalue weighted by atomic mass is 16.6. The molecule has 0 aliphatic carbocycles. The fourth-order valence-corrected chi connectivity index (χ4v) is 3.68. The number of hydrogen-bond acceptors (Lipinski definition) is 4. The van der Waals surface area contributed by atoms with Crippen molar-refractivity contribution in [3.05, 3.63) is 83.8 Å². The number of carbonyl (C=O) groups is 2. The lowest BCUT2D eigenvalue weighted by Crippen LogP contribution is -2.31.